The third kappa shape index (κ3) is 2.96. The van der Waals surface area contributed by atoms with Gasteiger partial charge in [0.2, 0.25) is 11.6 Å². The average Bonchev–Trinajstić information content (AvgIpc) is 3.04. The summed E-state index contributed by atoms with van der Waals surface area (Å²) in [6, 6.07) is -0.779. The van der Waals surface area contributed by atoms with E-state index in [1.165, 1.54) is 11.2 Å². The second-order valence-corrected chi connectivity index (χ2v) is 6.11. The molecule has 0 amide bonds. The minimum absolute atomic E-state index is 0.105. The number of carbonyl (C=O) groups is 1. The second kappa shape index (κ2) is 6.56. The Kier molecular flexibility index (Phi) is 4.47. The molecule has 2 fully saturated rings. The smallest absolute Gasteiger partial charge is 0.353 e. The van der Waals surface area contributed by atoms with Gasteiger partial charge >= 0.3 is 11.7 Å². The summed E-state index contributed by atoms with van der Waals surface area (Å²) in [6.45, 7) is 3.29. The number of anilines is 2. The lowest BCUT2D eigenvalue weighted by Gasteiger charge is -2.33. The largest absolute Gasteiger partial charge is 0.480 e. The normalized spacial score (nSPS) is 22.0. The van der Waals surface area contributed by atoms with E-state index in [0.29, 0.717) is 32.5 Å². The van der Waals surface area contributed by atoms with Gasteiger partial charge in [-0.15, -0.1) is 0 Å². The molecule has 3 rings (SSSR count). The lowest BCUT2D eigenvalue weighted by atomic mass is 10.2. The Morgan fingerprint density at radius 2 is 1.92 bits per heavy atom. The molecule has 1 atom stereocenters. The average molecular weight is 336 g/mol. The monoisotopic (exact) mass is 336 g/mol. The number of hydrogen-bond acceptors (Lipinski definition) is 8. The van der Waals surface area contributed by atoms with Gasteiger partial charge in [0.15, 0.2) is 0 Å². The van der Waals surface area contributed by atoms with Crippen molar-refractivity contribution < 1.29 is 14.8 Å². The van der Waals surface area contributed by atoms with E-state index in [1.54, 1.807) is 0 Å². The van der Waals surface area contributed by atoms with Crippen molar-refractivity contribution >= 4 is 23.3 Å². The van der Waals surface area contributed by atoms with Crippen LogP contribution >= 0.6 is 0 Å². The molecule has 2 aliphatic heterocycles. The fourth-order valence-corrected chi connectivity index (χ4v) is 3.26. The third-order valence-electron chi connectivity index (χ3n) is 4.58. The van der Waals surface area contributed by atoms with Crippen LogP contribution in [0.15, 0.2) is 6.33 Å². The van der Waals surface area contributed by atoms with Crippen molar-refractivity contribution in [1.29, 1.82) is 0 Å². The molecule has 2 saturated heterocycles. The number of carboxylic acid groups (broad SMARTS) is 1. The Morgan fingerprint density at radius 1 is 1.25 bits per heavy atom. The van der Waals surface area contributed by atoms with Crippen molar-refractivity contribution in [3.63, 3.8) is 0 Å². The molecule has 2 aliphatic rings. The van der Waals surface area contributed by atoms with Crippen molar-refractivity contribution in [2.75, 3.05) is 49.6 Å². The SMILES string of the molecule is CN1CCN(c2ncnc(N3CCC[C@@H]3C(=O)O)c2[N+](=O)[O-])CC1. The summed E-state index contributed by atoms with van der Waals surface area (Å²) >= 11 is 0. The zero-order valence-corrected chi connectivity index (χ0v) is 13.5. The van der Waals surface area contributed by atoms with Gasteiger partial charge in [0.25, 0.3) is 0 Å². The van der Waals surface area contributed by atoms with Crippen LogP contribution in [0.4, 0.5) is 17.3 Å². The van der Waals surface area contributed by atoms with E-state index in [0.717, 1.165) is 13.1 Å². The number of likely N-dealkylation sites (N-methyl/N-ethyl adjacent to an activating group) is 1. The second-order valence-electron chi connectivity index (χ2n) is 6.11. The molecule has 130 valence electrons. The third-order valence-corrected chi connectivity index (χ3v) is 4.58. The van der Waals surface area contributed by atoms with E-state index < -0.39 is 16.9 Å². The summed E-state index contributed by atoms with van der Waals surface area (Å²) in [7, 11) is 2.00. The van der Waals surface area contributed by atoms with Crippen molar-refractivity contribution in [2.45, 2.75) is 18.9 Å². The van der Waals surface area contributed by atoms with E-state index in [1.807, 2.05) is 11.9 Å². The molecule has 1 aromatic rings. The Balaban J connectivity index is 2.00. The highest BCUT2D eigenvalue weighted by atomic mass is 16.6. The molecule has 0 saturated carbocycles. The molecule has 0 spiro atoms. The van der Waals surface area contributed by atoms with Gasteiger partial charge < -0.3 is 19.8 Å². The summed E-state index contributed by atoms with van der Waals surface area (Å²) < 4.78 is 0. The van der Waals surface area contributed by atoms with Gasteiger partial charge in [0, 0.05) is 32.7 Å². The van der Waals surface area contributed by atoms with Crippen LogP contribution in [0, 0.1) is 10.1 Å². The molecule has 0 aliphatic carbocycles. The zero-order chi connectivity index (χ0) is 17.3. The van der Waals surface area contributed by atoms with Crippen molar-refractivity contribution in [3.8, 4) is 0 Å². The van der Waals surface area contributed by atoms with E-state index in [9.17, 15) is 20.0 Å². The van der Waals surface area contributed by atoms with Crippen LogP contribution in [0.1, 0.15) is 12.8 Å². The Bertz CT molecular complexity index is 646. The molecule has 0 bridgehead atoms. The first kappa shape index (κ1) is 16.4. The molecule has 10 heteroatoms. The quantitative estimate of drug-likeness (QED) is 0.607. The van der Waals surface area contributed by atoms with Crippen LogP contribution in [0.2, 0.25) is 0 Å². The summed E-state index contributed by atoms with van der Waals surface area (Å²) in [4.78, 5) is 36.3. The molecule has 0 unspecified atom stereocenters. The molecule has 3 heterocycles. The van der Waals surface area contributed by atoms with Gasteiger partial charge in [0.05, 0.1) is 4.92 Å². The first-order chi connectivity index (χ1) is 11.5. The molecular weight excluding hydrogens is 316 g/mol. The van der Waals surface area contributed by atoms with Crippen LogP contribution < -0.4 is 9.80 Å². The van der Waals surface area contributed by atoms with Crippen LogP contribution in [0.5, 0.6) is 0 Å². The van der Waals surface area contributed by atoms with E-state index in [4.69, 9.17) is 0 Å². The number of rotatable bonds is 4. The van der Waals surface area contributed by atoms with Crippen LogP contribution in [0.25, 0.3) is 0 Å². The summed E-state index contributed by atoms with van der Waals surface area (Å²) in [5.41, 5.74) is -0.199. The summed E-state index contributed by atoms with van der Waals surface area (Å²) in [5.74, 6) is -0.607. The van der Waals surface area contributed by atoms with Crippen molar-refractivity contribution in [3.05, 3.63) is 16.4 Å². The van der Waals surface area contributed by atoms with Gasteiger partial charge in [-0.1, -0.05) is 0 Å². The number of nitrogens with zero attached hydrogens (tertiary/aromatic N) is 6. The fourth-order valence-electron chi connectivity index (χ4n) is 3.26. The number of aliphatic carboxylic acids is 1. The molecule has 0 aromatic carbocycles. The number of aromatic nitrogens is 2. The Hall–Kier alpha value is -2.49. The molecular formula is C14H20N6O4. The van der Waals surface area contributed by atoms with Gasteiger partial charge in [-0.3, -0.25) is 10.1 Å². The lowest BCUT2D eigenvalue weighted by molar-refractivity contribution is -0.383. The standard InChI is InChI=1S/C14H20N6O4/c1-17-5-7-18(8-6-17)12-11(20(23)24)13(16-9-15-12)19-4-2-3-10(19)14(21)22/h9-10H,2-8H2,1H3,(H,21,22)/t10-/m1/s1. The predicted molar refractivity (Wildman–Crippen MR) is 86.4 cm³/mol. The van der Waals surface area contributed by atoms with Gasteiger partial charge in [-0.25, -0.2) is 14.8 Å². The Labute approximate surface area is 138 Å². The summed E-state index contributed by atoms with van der Waals surface area (Å²) in [6.07, 6.45) is 2.41. The first-order valence-corrected chi connectivity index (χ1v) is 7.91. The maximum absolute atomic E-state index is 11.7. The van der Waals surface area contributed by atoms with Crippen LogP contribution in [0.3, 0.4) is 0 Å². The van der Waals surface area contributed by atoms with Crippen LogP contribution in [-0.4, -0.2) is 76.7 Å². The highest BCUT2D eigenvalue weighted by molar-refractivity contribution is 5.81. The highest BCUT2D eigenvalue weighted by Crippen LogP contribution is 2.37. The van der Waals surface area contributed by atoms with Gasteiger partial charge in [-0.05, 0) is 19.9 Å². The number of piperazine rings is 1. The van der Waals surface area contributed by atoms with Crippen molar-refractivity contribution in [2.24, 2.45) is 0 Å². The van der Waals surface area contributed by atoms with E-state index in [-0.39, 0.29) is 17.3 Å². The highest BCUT2D eigenvalue weighted by Gasteiger charge is 2.38. The molecule has 10 nitrogen and oxygen atoms in total. The topological polar surface area (TPSA) is 116 Å². The Morgan fingerprint density at radius 3 is 2.54 bits per heavy atom. The number of nitro groups is 1. The number of carboxylic acids is 1. The minimum Gasteiger partial charge on any atom is -0.480 e. The molecule has 1 N–H and O–H groups in total. The van der Waals surface area contributed by atoms with E-state index in [2.05, 4.69) is 14.9 Å². The summed E-state index contributed by atoms with van der Waals surface area (Å²) in [5, 5.41) is 21.0. The molecule has 0 radical (unpaired) electrons. The van der Waals surface area contributed by atoms with Gasteiger partial charge in [-0.2, -0.15) is 0 Å². The zero-order valence-electron chi connectivity index (χ0n) is 13.5. The maximum atomic E-state index is 11.7. The van der Waals surface area contributed by atoms with Crippen molar-refractivity contribution in [1.82, 2.24) is 14.9 Å². The maximum Gasteiger partial charge on any atom is 0.353 e. The van der Waals surface area contributed by atoms with Crippen LogP contribution in [-0.2, 0) is 4.79 Å². The minimum atomic E-state index is -0.985. The molecule has 1 aromatic heterocycles. The van der Waals surface area contributed by atoms with Gasteiger partial charge in [0.1, 0.15) is 12.4 Å². The lowest BCUT2D eigenvalue weighted by Crippen LogP contribution is -2.45. The number of hydrogen-bond donors (Lipinski definition) is 1. The molecule has 24 heavy (non-hydrogen) atoms. The fraction of sp³-hybridized carbons (Fsp3) is 0.643. The van der Waals surface area contributed by atoms with E-state index >= 15 is 0 Å². The first-order valence-electron chi connectivity index (χ1n) is 7.91. The predicted octanol–water partition coefficient (Wildman–Crippen LogP) is 0.190.